The van der Waals surface area contributed by atoms with Crippen molar-refractivity contribution >= 4 is 5.91 Å². The summed E-state index contributed by atoms with van der Waals surface area (Å²) in [7, 11) is 0. The fraction of sp³-hybridized carbons (Fsp3) is 0.800. The molecule has 1 aliphatic heterocycles. The third kappa shape index (κ3) is 2.45. The van der Waals surface area contributed by atoms with Crippen molar-refractivity contribution in [1.82, 2.24) is 15.0 Å². The van der Waals surface area contributed by atoms with Crippen LogP contribution in [0, 0.1) is 5.92 Å². The van der Waals surface area contributed by atoms with Crippen molar-refractivity contribution in [3.05, 3.63) is 11.7 Å². The second-order valence-corrected chi connectivity index (χ2v) is 6.46. The van der Waals surface area contributed by atoms with Gasteiger partial charge in [0.05, 0.1) is 0 Å². The van der Waals surface area contributed by atoms with E-state index in [-0.39, 0.29) is 0 Å². The molecule has 2 saturated carbocycles. The van der Waals surface area contributed by atoms with Gasteiger partial charge in [-0.15, -0.1) is 0 Å². The summed E-state index contributed by atoms with van der Waals surface area (Å²) in [6, 6.07) is 0.394. The largest absolute Gasteiger partial charge is 0.339 e. The average molecular weight is 275 g/mol. The zero-order chi connectivity index (χ0) is 13.5. The van der Waals surface area contributed by atoms with Crippen molar-refractivity contribution in [2.75, 3.05) is 6.54 Å². The number of amides is 1. The fourth-order valence-corrected chi connectivity index (χ4v) is 3.15. The van der Waals surface area contributed by atoms with Gasteiger partial charge in [0, 0.05) is 30.8 Å². The molecule has 20 heavy (non-hydrogen) atoms. The lowest BCUT2D eigenvalue weighted by Gasteiger charge is -2.24. The van der Waals surface area contributed by atoms with E-state index < -0.39 is 0 Å². The fourth-order valence-electron chi connectivity index (χ4n) is 3.15. The van der Waals surface area contributed by atoms with Gasteiger partial charge in [-0.25, -0.2) is 0 Å². The van der Waals surface area contributed by atoms with E-state index in [1.54, 1.807) is 0 Å². The van der Waals surface area contributed by atoms with Gasteiger partial charge in [0.1, 0.15) is 0 Å². The molecule has 2 heterocycles. The van der Waals surface area contributed by atoms with Crippen molar-refractivity contribution in [2.24, 2.45) is 5.92 Å². The highest BCUT2D eigenvalue weighted by Gasteiger charge is 2.38. The number of carbonyl (C=O) groups is 1. The van der Waals surface area contributed by atoms with E-state index >= 15 is 0 Å². The summed E-state index contributed by atoms with van der Waals surface area (Å²) in [4.78, 5) is 18.8. The number of hydrogen-bond acceptors (Lipinski definition) is 4. The van der Waals surface area contributed by atoms with E-state index in [4.69, 9.17) is 4.52 Å². The summed E-state index contributed by atoms with van der Waals surface area (Å²) in [5, 5.41) is 4.07. The molecule has 108 valence electrons. The van der Waals surface area contributed by atoms with Crippen LogP contribution in [0.4, 0.5) is 0 Å². The number of carbonyl (C=O) groups excluding carboxylic acids is 1. The first-order chi connectivity index (χ1) is 9.81. The van der Waals surface area contributed by atoms with Crippen LogP contribution >= 0.6 is 0 Å². The van der Waals surface area contributed by atoms with E-state index in [2.05, 4.69) is 15.0 Å². The zero-order valence-corrected chi connectivity index (χ0v) is 11.8. The van der Waals surface area contributed by atoms with E-state index in [0.29, 0.717) is 23.8 Å². The number of aryl methyl sites for hydroxylation is 1. The monoisotopic (exact) mass is 275 g/mol. The van der Waals surface area contributed by atoms with Gasteiger partial charge in [-0.05, 0) is 44.9 Å². The Kier molecular flexibility index (Phi) is 3.00. The van der Waals surface area contributed by atoms with Gasteiger partial charge in [-0.3, -0.25) is 4.79 Å². The molecular formula is C15H21N3O2. The van der Waals surface area contributed by atoms with E-state index in [9.17, 15) is 4.79 Å². The van der Waals surface area contributed by atoms with Gasteiger partial charge in [0.25, 0.3) is 0 Å². The van der Waals surface area contributed by atoms with Crippen molar-refractivity contribution in [3.8, 4) is 0 Å². The Balaban J connectivity index is 1.34. The molecule has 0 N–H and O–H groups in total. The lowest BCUT2D eigenvalue weighted by atomic mass is 10.1. The van der Waals surface area contributed by atoms with E-state index in [1.165, 1.54) is 12.8 Å². The Morgan fingerprint density at radius 1 is 1.25 bits per heavy atom. The van der Waals surface area contributed by atoms with Crippen LogP contribution in [0.5, 0.6) is 0 Å². The third-order valence-electron chi connectivity index (χ3n) is 4.70. The summed E-state index contributed by atoms with van der Waals surface area (Å²) in [5.41, 5.74) is 0. The van der Waals surface area contributed by atoms with Gasteiger partial charge in [0.2, 0.25) is 11.8 Å². The molecule has 1 aromatic heterocycles. The Morgan fingerprint density at radius 3 is 2.85 bits per heavy atom. The second kappa shape index (κ2) is 4.86. The van der Waals surface area contributed by atoms with Crippen molar-refractivity contribution < 1.29 is 9.32 Å². The van der Waals surface area contributed by atoms with Crippen LogP contribution in [0.3, 0.4) is 0 Å². The first-order valence-corrected chi connectivity index (χ1v) is 7.94. The summed E-state index contributed by atoms with van der Waals surface area (Å²) < 4.78 is 5.28. The molecule has 1 saturated heterocycles. The molecule has 3 fully saturated rings. The molecule has 0 radical (unpaired) electrons. The number of nitrogens with zero attached hydrogens (tertiary/aromatic N) is 3. The molecule has 2 aliphatic carbocycles. The highest BCUT2D eigenvalue weighted by Crippen LogP contribution is 2.39. The van der Waals surface area contributed by atoms with Crippen molar-refractivity contribution in [1.29, 1.82) is 0 Å². The van der Waals surface area contributed by atoms with Gasteiger partial charge in [-0.2, -0.15) is 4.98 Å². The molecule has 4 rings (SSSR count). The predicted molar refractivity (Wildman–Crippen MR) is 72.1 cm³/mol. The molecule has 0 aromatic carbocycles. The Hall–Kier alpha value is -1.39. The molecule has 1 unspecified atom stereocenters. The molecule has 0 spiro atoms. The SMILES string of the molecule is O=C(C1CC1)N1CCCC1CCc1noc(C2CC2)n1. The number of hydrogen-bond donors (Lipinski definition) is 0. The first-order valence-electron chi connectivity index (χ1n) is 7.94. The number of likely N-dealkylation sites (tertiary alicyclic amines) is 1. The summed E-state index contributed by atoms with van der Waals surface area (Å²) >= 11 is 0. The van der Waals surface area contributed by atoms with Gasteiger partial charge < -0.3 is 9.42 Å². The summed E-state index contributed by atoms with van der Waals surface area (Å²) in [6.45, 7) is 0.944. The lowest BCUT2D eigenvalue weighted by Crippen LogP contribution is -2.36. The minimum absolute atomic E-state index is 0.335. The van der Waals surface area contributed by atoms with Crippen LogP contribution in [0.2, 0.25) is 0 Å². The molecule has 5 heteroatoms. The minimum Gasteiger partial charge on any atom is -0.339 e. The molecule has 5 nitrogen and oxygen atoms in total. The summed E-state index contributed by atoms with van der Waals surface area (Å²) in [6.07, 6.45) is 8.64. The quantitative estimate of drug-likeness (QED) is 0.827. The molecule has 3 aliphatic rings. The van der Waals surface area contributed by atoms with Crippen LogP contribution in [0.25, 0.3) is 0 Å². The highest BCUT2D eigenvalue weighted by atomic mass is 16.5. The van der Waals surface area contributed by atoms with Gasteiger partial charge in [0.15, 0.2) is 5.82 Å². The summed E-state index contributed by atoms with van der Waals surface area (Å²) in [5.74, 6) is 2.88. The van der Waals surface area contributed by atoms with Crippen molar-refractivity contribution in [3.63, 3.8) is 0 Å². The molecular weight excluding hydrogens is 254 g/mol. The van der Waals surface area contributed by atoms with Crippen LogP contribution in [0.1, 0.15) is 62.6 Å². The molecule has 1 amide bonds. The lowest BCUT2D eigenvalue weighted by molar-refractivity contribution is -0.133. The maximum absolute atomic E-state index is 12.2. The maximum Gasteiger partial charge on any atom is 0.229 e. The average Bonchev–Trinajstić information content (AvgIpc) is 3.38. The minimum atomic E-state index is 0.335. The molecule has 0 bridgehead atoms. The normalized spacial score (nSPS) is 26.2. The zero-order valence-electron chi connectivity index (χ0n) is 11.8. The first kappa shape index (κ1) is 12.4. The Bertz CT molecular complexity index is 505. The second-order valence-electron chi connectivity index (χ2n) is 6.46. The third-order valence-corrected chi connectivity index (χ3v) is 4.70. The van der Waals surface area contributed by atoms with Crippen LogP contribution in [-0.4, -0.2) is 33.5 Å². The Morgan fingerprint density at radius 2 is 2.10 bits per heavy atom. The highest BCUT2D eigenvalue weighted by molar-refractivity contribution is 5.81. The van der Waals surface area contributed by atoms with E-state index in [0.717, 1.165) is 56.8 Å². The van der Waals surface area contributed by atoms with Crippen LogP contribution < -0.4 is 0 Å². The van der Waals surface area contributed by atoms with Crippen LogP contribution in [0.15, 0.2) is 4.52 Å². The smallest absolute Gasteiger partial charge is 0.229 e. The Labute approximate surface area is 118 Å². The van der Waals surface area contributed by atoms with Crippen LogP contribution in [-0.2, 0) is 11.2 Å². The number of aromatic nitrogens is 2. The van der Waals surface area contributed by atoms with Crippen molar-refractivity contribution in [2.45, 2.75) is 63.3 Å². The van der Waals surface area contributed by atoms with E-state index in [1.807, 2.05) is 0 Å². The molecule has 1 aromatic rings. The standard InChI is InChI=1S/C15H21N3O2/c19-15(11-5-6-11)18-9-1-2-12(18)7-8-13-16-14(20-17-13)10-3-4-10/h10-12H,1-9H2. The molecule has 1 atom stereocenters. The maximum atomic E-state index is 12.2. The van der Waals surface area contributed by atoms with Gasteiger partial charge in [-0.1, -0.05) is 5.16 Å². The topological polar surface area (TPSA) is 59.2 Å². The van der Waals surface area contributed by atoms with Gasteiger partial charge >= 0.3 is 0 Å². The predicted octanol–water partition coefficient (Wildman–Crippen LogP) is 2.28. The number of rotatable bonds is 5.